The lowest BCUT2D eigenvalue weighted by molar-refractivity contribution is -0.326. The number of ether oxygens (including phenoxy) is 2. The fourth-order valence-corrected chi connectivity index (χ4v) is 2.19. The molecule has 2 rings (SSSR count). The number of carbonyl (C=O) groups excluding carboxylic acids is 1. The molecule has 11 heteroatoms. The van der Waals surface area contributed by atoms with E-state index in [1.54, 1.807) is 0 Å². The Balaban J connectivity index is 2.26. The maximum absolute atomic E-state index is 12.7. The molecule has 0 saturated carbocycles. The number of furan rings is 2. The summed E-state index contributed by atoms with van der Waals surface area (Å²) >= 11 is 0. The Bertz CT molecular complexity index is 616. The zero-order valence-corrected chi connectivity index (χ0v) is 12.8. The summed E-state index contributed by atoms with van der Waals surface area (Å²) in [6, 6.07) is 5.06. The number of alkyl halides is 6. The predicted molar refractivity (Wildman–Crippen MR) is 71.9 cm³/mol. The van der Waals surface area contributed by atoms with E-state index in [0.29, 0.717) is 0 Å². The van der Waals surface area contributed by atoms with Crippen molar-refractivity contribution in [3.8, 4) is 0 Å². The molecule has 0 amide bonds. The van der Waals surface area contributed by atoms with Gasteiger partial charge in [-0.3, -0.25) is 14.3 Å². The second-order valence-electron chi connectivity index (χ2n) is 5.05. The molecule has 26 heavy (non-hydrogen) atoms. The van der Waals surface area contributed by atoms with Crippen LogP contribution in [0.3, 0.4) is 0 Å². The first-order valence-corrected chi connectivity index (χ1v) is 7.09. The lowest BCUT2D eigenvalue weighted by atomic mass is 9.90. The number of halogens is 6. The van der Waals surface area contributed by atoms with Crippen LogP contribution >= 0.6 is 0 Å². The lowest BCUT2D eigenvalue weighted by Crippen LogP contribution is -2.30. The summed E-state index contributed by atoms with van der Waals surface area (Å²) in [5.74, 6) is -4.65. The van der Waals surface area contributed by atoms with Crippen LogP contribution in [-0.2, 0) is 14.3 Å². The highest BCUT2D eigenvalue weighted by Gasteiger charge is 2.39. The highest BCUT2D eigenvalue weighted by atomic mass is 19.4. The third kappa shape index (κ3) is 5.92. The zero-order valence-electron chi connectivity index (χ0n) is 12.8. The van der Waals surface area contributed by atoms with Crippen molar-refractivity contribution < 1.29 is 49.4 Å². The van der Waals surface area contributed by atoms with Gasteiger partial charge in [-0.05, 0) is 24.3 Å². The van der Waals surface area contributed by atoms with E-state index in [4.69, 9.17) is 8.83 Å². The SMILES string of the molecule is O=C(C(COC(F)(F)F)c1ccco1)C(COC(F)(F)F)c1ccco1. The van der Waals surface area contributed by atoms with Crippen molar-refractivity contribution in [1.82, 2.24) is 0 Å². The Morgan fingerprint density at radius 1 is 0.846 bits per heavy atom. The van der Waals surface area contributed by atoms with E-state index in [2.05, 4.69) is 9.47 Å². The van der Waals surface area contributed by atoms with Crippen molar-refractivity contribution in [1.29, 1.82) is 0 Å². The molecule has 2 aromatic heterocycles. The van der Waals surface area contributed by atoms with E-state index in [0.717, 1.165) is 12.5 Å². The molecule has 0 radical (unpaired) electrons. The standard InChI is InChI=1S/C15H12F6O5/c16-14(17,18)25-7-9(11-3-1-5-23-11)13(22)10(8-26-15(19,20)21)12-4-2-6-24-12/h1-6,9-10H,7-8H2. The molecule has 5 nitrogen and oxygen atoms in total. The molecule has 2 unspecified atom stereocenters. The predicted octanol–water partition coefficient (Wildman–Crippen LogP) is 4.38. The summed E-state index contributed by atoms with van der Waals surface area (Å²) in [5, 5.41) is 0. The van der Waals surface area contributed by atoms with Crippen LogP contribution in [-0.4, -0.2) is 31.7 Å². The Labute approximate surface area is 142 Å². The minimum absolute atomic E-state index is 0.192. The van der Waals surface area contributed by atoms with Crippen LogP contribution in [0.4, 0.5) is 26.3 Å². The van der Waals surface area contributed by atoms with Crippen LogP contribution < -0.4 is 0 Å². The fraction of sp³-hybridized carbons (Fsp3) is 0.400. The number of hydrogen-bond acceptors (Lipinski definition) is 5. The van der Waals surface area contributed by atoms with Gasteiger partial charge in [-0.15, -0.1) is 26.3 Å². The van der Waals surface area contributed by atoms with Crippen LogP contribution in [0, 0.1) is 0 Å². The first-order valence-electron chi connectivity index (χ1n) is 7.09. The zero-order chi connectivity index (χ0) is 19.4. The number of ketones is 1. The van der Waals surface area contributed by atoms with Crippen molar-refractivity contribution in [2.75, 3.05) is 13.2 Å². The van der Waals surface area contributed by atoms with E-state index < -0.39 is 43.6 Å². The molecule has 0 aromatic carbocycles. The summed E-state index contributed by atoms with van der Waals surface area (Å²) in [6.45, 7) is -2.34. The van der Waals surface area contributed by atoms with E-state index in [9.17, 15) is 31.1 Å². The molecule has 0 aliphatic carbocycles. The van der Waals surface area contributed by atoms with E-state index >= 15 is 0 Å². The molecular formula is C15H12F6O5. The maximum atomic E-state index is 12.7. The largest absolute Gasteiger partial charge is 0.522 e. The van der Waals surface area contributed by atoms with Crippen LogP contribution in [0.2, 0.25) is 0 Å². The highest BCUT2D eigenvalue weighted by Crippen LogP contribution is 2.31. The molecular weight excluding hydrogens is 374 g/mol. The molecule has 0 spiro atoms. The third-order valence-electron chi connectivity index (χ3n) is 3.29. The summed E-state index contributed by atoms with van der Waals surface area (Å²) in [5.41, 5.74) is 0. The van der Waals surface area contributed by atoms with Gasteiger partial charge in [0.2, 0.25) is 0 Å². The van der Waals surface area contributed by atoms with E-state index in [-0.39, 0.29) is 11.5 Å². The fourth-order valence-electron chi connectivity index (χ4n) is 2.19. The Kier molecular flexibility index (Phi) is 6.13. The van der Waals surface area contributed by atoms with Crippen molar-refractivity contribution >= 4 is 5.78 Å². The molecule has 0 saturated heterocycles. The van der Waals surface area contributed by atoms with Gasteiger partial charge in [0.25, 0.3) is 0 Å². The molecule has 0 N–H and O–H groups in total. The molecule has 0 aliphatic heterocycles. The normalized spacial score (nSPS) is 15.0. The number of rotatable bonds is 8. The topological polar surface area (TPSA) is 61.8 Å². The molecule has 0 aliphatic rings. The first-order chi connectivity index (χ1) is 12.1. The molecule has 2 heterocycles. The Morgan fingerprint density at radius 2 is 1.23 bits per heavy atom. The van der Waals surface area contributed by atoms with Gasteiger partial charge >= 0.3 is 12.7 Å². The lowest BCUT2D eigenvalue weighted by Gasteiger charge is -2.21. The van der Waals surface area contributed by atoms with Gasteiger partial charge in [0.1, 0.15) is 23.4 Å². The Hall–Kier alpha value is -2.27. The van der Waals surface area contributed by atoms with Crippen molar-refractivity contribution in [2.45, 2.75) is 24.6 Å². The summed E-state index contributed by atoms with van der Waals surface area (Å²) in [6.07, 6.45) is -7.85. The Morgan fingerprint density at radius 3 is 1.50 bits per heavy atom. The summed E-state index contributed by atoms with van der Waals surface area (Å²) in [4.78, 5) is 12.7. The van der Waals surface area contributed by atoms with Crippen molar-refractivity contribution in [3.63, 3.8) is 0 Å². The van der Waals surface area contributed by atoms with Crippen molar-refractivity contribution in [3.05, 3.63) is 48.3 Å². The van der Waals surface area contributed by atoms with E-state index in [1.807, 2.05) is 0 Å². The van der Waals surface area contributed by atoms with Gasteiger partial charge in [-0.2, -0.15) is 0 Å². The van der Waals surface area contributed by atoms with Gasteiger partial charge in [0, 0.05) is 0 Å². The quantitative estimate of drug-likeness (QED) is 0.630. The molecule has 144 valence electrons. The summed E-state index contributed by atoms with van der Waals surface area (Å²) in [7, 11) is 0. The average molecular weight is 386 g/mol. The van der Waals surface area contributed by atoms with Crippen LogP contribution in [0.25, 0.3) is 0 Å². The third-order valence-corrected chi connectivity index (χ3v) is 3.29. The van der Waals surface area contributed by atoms with Crippen LogP contribution in [0.15, 0.2) is 45.6 Å². The van der Waals surface area contributed by atoms with Gasteiger partial charge in [-0.1, -0.05) is 0 Å². The maximum Gasteiger partial charge on any atom is 0.522 e. The molecule has 2 atom stereocenters. The second kappa shape index (κ2) is 7.96. The first kappa shape index (κ1) is 20.0. The number of carbonyl (C=O) groups is 1. The molecule has 2 aromatic rings. The molecule has 0 bridgehead atoms. The smallest absolute Gasteiger partial charge is 0.469 e. The van der Waals surface area contributed by atoms with Crippen molar-refractivity contribution in [2.24, 2.45) is 0 Å². The monoisotopic (exact) mass is 386 g/mol. The minimum atomic E-state index is -5.03. The highest BCUT2D eigenvalue weighted by molar-refractivity contribution is 5.91. The average Bonchev–Trinajstić information content (AvgIpc) is 3.18. The number of hydrogen-bond donors (Lipinski definition) is 0. The van der Waals surface area contributed by atoms with Crippen LogP contribution in [0.5, 0.6) is 0 Å². The second-order valence-corrected chi connectivity index (χ2v) is 5.05. The van der Waals surface area contributed by atoms with Gasteiger partial charge in [0.15, 0.2) is 5.78 Å². The number of Topliss-reactive ketones (excluding diaryl/α,β-unsaturated/α-hetero) is 1. The molecule has 0 fully saturated rings. The summed E-state index contributed by atoms with van der Waals surface area (Å²) < 4.78 is 91.3. The minimum Gasteiger partial charge on any atom is -0.469 e. The van der Waals surface area contributed by atoms with E-state index in [1.165, 1.54) is 24.3 Å². The van der Waals surface area contributed by atoms with Gasteiger partial charge in [-0.25, -0.2) is 0 Å². The van der Waals surface area contributed by atoms with Gasteiger partial charge < -0.3 is 8.83 Å². The van der Waals surface area contributed by atoms with Gasteiger partial charge in [0.05, 0.1) is 25.7 Å². The van der Waals surface area contributed by atoms with Crippen LogP contribution in [0.1, 0.15) is 23.4 Å².